The summed E-state index contributed by atoms with van der Waals surface area (Å²) in [5.41, 5.74) is 3.31. The molecule has 2 aromatic carbocycles. The van der Waals surface area contributed by atoms with Crippen LogP contribution in [0.4, 0.5) is 0 Å². The van der Waals surface area contributed by atoms with E-state index in [2.05, 4.69) is 0 Å². The van der Waals surface area contributed by atoms with Gasteiger partial charge in [0.25, 0.3) is 0 Å². The number of rotatable bonds is 10. The summed E-state index contributed by atoms with van der Waals surface area (Å²) in [4.78, 5) is 25.3. The average Bonchev–Trinajstić information content (AvgIpc) is 3.13. The number of carbonyl (C=O) groups is 2. The second-order valence-electron chi connectivity index (χ2n) is 9.42. The largest absolute Gasteiger partial charge is 0.491 e. The molecule has 1 unspecified atom stereocenters. The Morgan fingerprint density at radius 2 is 1.65 bits per heavy atom. The fourth-order valence-electron chi connectivity index (χ4n) is 3.96. The Morgan fingerprint density at radius 1 is 1.03 bits per heavy atom. The van der Waals surface area contributed by atoms with Gasteiger partial charge in [0, 0.05) is 17.2 Å². The van der Waals surface area contributed by atoms with E-state index in [-0.39, 0.29) is 18.8 Å². The molecule has 0 amide bonds. The quantitative estimate of drug-likeness (QED) is 0.154. The zero-order chi connectivity index (χ0) is 27.3. The van der Waals surface area contributed by atoms with Gasteiger partial charge in [0.05, 0.1) is 24.9 Å². The summed E-state index contributed by atoms with van der Waals surface area (Å²) < 4.78 is 29.0. The van der Waals surface area contributed by atoms with Gasteiger partial charge in [-0.2, -0.15) is 0 Å². The highest BCUT2D eigenvalue weighted by Gasteiger charge is 2.36. The number of aryl methyl sites for hydroxylation is 1. The molecule has 1 aliphatic heterocycles. The summed E-state index contributed by atoms with van der Waals surface area (Å²) >= 11 is 0. The van der Waals surface area contributed by atoms with Gasteiger partial charge in [-0.1, -0.05) is 12.1 Å². The van der Waals surface area contributed by atoms with Crippen molar-refractivity contribution in [2.75, 3.05) is 6.61 Å². The van der Waals surface area contributed by atoms with Crippen LogP contribution < -0.4 is 14.2 Å². The van der Waals surface area contributed by atoms with Crippen molar-refractivity contribution in [1.29, 1.82) is 0 Å². The number of cyclic esters (lactones) is 1. The summed E-state index contributed by atoms with van der Waals surface area (Å²) in [7, 11) is 0. The minimum atomic E-state index is -0.671. The lowest BCUT2D eigenvalue weighted by molar-refractivity contribution is -0.137. The number of benzene rings is 2. The molecule has 1 heterocycles. The predicted molar refractivity (Wildman–Crippen MR) is 141 cm³/mol. The van der Waals surface area contributed by atoms with E-state index in [1.165, 1.54) is 6.08 Å². The van der Waals surface area contributed by atoms with Crippen LogP contribution in [-0.2, 0) is 14.3 Å². The number of hydrogen-bond donors (Lipinski definition) is 0. The molecule has 0 fully saturated rings. The van der Waals surface area contributed by atoms with Gasteiger partial charge in [-0.3, -0.25) is 0 Å². The van der Waals surface area contributed by atoms with E-state index in [1.807, 2.05) is 78.8 Å². The number of allylic oxidation sites excluding steroid dienone is 2. The number of carbonyl (C=O) groups excluding carboxylic acids is 2. The van der Waals surface area contributed by atoms with Crippen LogP contribution in [0, 0.1) is 6.92 Å². The molecule has 0 saturated carbocycles. The minimum Gasteiger partial charge on any atom is -0.491 e. The molecule has 0 aromatic heterocycles. The number of ether oxygens (including phenoxy) is 5. The molecule has 0 saturated heterocycles. The fraction of sp³-hybridized carbons (Fsp3) is 0.400. The molecule has 7 nitrogen and oxygen atoms in total. The highest BCUT2D eigenvalue weighted by Crippen LogP contribution is 2.43. The van der Waals surface area contributed by atoms with Crippen molar-refractivity contribution < 1.29 is 33.3 Å². The molecule has 0 bridgehead atoms. The van der Waals surface area contributed by atoms with Crippen molar-refractivity contribution in [3.05, 3.63) is 76.1 Å². The van der Waals surface area contributed by atoms with Gasteiger partial charge in [0.1, 0.15) is 28.6 Å². The van der Waals surface area contributed by atoms with Crippen LogP contribution in [0.15, 0.2) is 53.8 Å². The maximum Gasteiger partial charge on any atom is 0.343 e. The van der Waals surface area contributed by atoms with Gasteiger partial charge in [0.2, 0.25) is 0 Å². The summed E-state index contributed by atoms with van der Waals surface area (Å²) in [6, 6.07) is 9.22. The molecule has 1 aliphatic rings. The van der Waals surface area contributed by atoms with E-state index in [0.29, 0.717) is 34.1 Å². The van der Waals surface area contributed by atoms with Crippen LogP contribution in [0.1, 0.15) is 81.6 Å². The standard InChI is InChI=1S/C30H36O7/c1-9-20(8)25(16-27(31)33-10-2)36-26-12-19(7)11-24-28(26)30(32)37-29(24)21-13-22(34-17(3)4)15-23(14-21)35-18(5)6/h9,11-18,29H,10H2,1-8H3/b20-9+,25-16+. The van der Waals surface area contributed by atoms with E-state index in [9.17, 15) is 9.59 Å². The maximum absolute atomic E-state index is 13.2. The van der Waals surface area contributed by atoms with Crippen molar-refractivity contribution in [2.24, 2.45) is 0 Å². The first-order valence-corrected chi connectivity index (χ1v) is 12.6. The molecule has 0 radical (unpaired) electrons. The van der Waals surface area contributed by atoms with Crippen LogP contribution >= 0.6 is 0 Å². The minimum absolute atomic E-state index is 0.0396. The first-order chi connectivity index (χ1) is 17.5. The average molecular weight is 509 g/mol. The Labute approximate surface area is 219 Å². The van der Waals surface area contributed by atoms with Crippen molar-refractivity contribution in [2.45, 2.75) is 73.7 Å². The van der Waals surface area contributed by atoms with Gasteiger partial charge in [-0.25, -0.2) is 9.59 Å². The second-order valence-corrected chi connectivity index (χ2v) is 9.42. The van der Waals surface area contributed by atoms with E-state index in [1.54, 1.807) is 13.0 Å². The Kier molecular flexibility index (Phi) is 9.03. The van der Waals surface area contributed by atoms with Gasteiger partial charge < -0.3 is 23.7 Å². The lowest BCUT2D eigenvalue weighted by Crippen LogP contribution is -2.10. The molecule has 0 spiro atoms. The molecule has 3 rings (SSSR count). The third kappa shape index (κ3) is 6.94. The first-order valence-electron chi connectivity index (χ1n) is 12.6. The van der Waals surface area contributed by atoms with Gasteiger partial charge in [0.15, 0.2) is 6.10 Å². The van der Waals surface area contributed by atoms with E-state index >= 15 is 0 Å². The highest BCUT2D eigenvalue weighted by molar-refractivity contribution is 5.98. The fourth-order valence-corrected chi connectivity index (χ4v) is 3.96. The molecule has 7 heteroatoms. The summed E-state index contributed by atoms with van der Waals surface area (Å²) in [6.07, 6.45) is 2.35. The highest BCUT2D eigenvalue weighted by atomic mass is 16.6. The van der Waals surface area contributed by atoms with E-state index in [0.717, 1.165) is 16.7 Å². The lowest BCUT2D eigenvalue weighted by atomic mass is 9.96. The topological polar surface area (TPSA) is 80.3 Å². The summed E-state index contributed by atoms with van der Waals surface area (Å²) in [6.45, 7) is 15.3. The van der Waals surface area contributed by atoms with E-state index in [4.69, 9.17) is 23.7 Å². The summed E-state index contributed by atoms with van der Waals surface area (Å²) in [5.74, 6) is 0.825. The molecule has 0 N–H and O–H groups in total. The van der Waals surface area contributed by atoms with Gasteiger partial charge >= 0.3 is 11.9 Å². The van der Waals surface area contributed by atoms with Crippen LogP contribution in [0.3, 0.4) is 0 Å². The SMILES string of the molecule is C/C=C(C)/C(=C\C(=O)OCC)Oc1cc(C)cc2c1C(=O)OC2c1cc(OC(C)C)cc(OC(C)C)c1. The molecule has 1 atom stereocenters. The number of fused-ring (bicyclic) bond motifs is 1. The van der Waals surface area contributed by atoms with Crippen molar-refractivity contribution >= 4 is 11.9 Å². The van der Waals surface area contributed by atoms with Crippen molar-refractivity contribution in [1.82, 2.24) is 0 Å². The third-order valence-corrected chi connectivity index (χ3v) is 5.51. The van der Waals surface area contributed by atoms with E-state index < -0.39 is 18.0 Å². The zero-order valence-corrected chi connectivity index (χ0v) is 22.8. The van der Waals surface area contributed by atoms with Crippen LogP contribution in [0.25, 0.3) is 0 Å². The third-order valence-electron chi connectivity index (χ3n) is 5.51. The van der Waals surface area contributed by atoms with Crippen LogP contribution in [0.5, 0.6) is 17.2 Å². The second kappa shape index (κ2) is 12.0. The Hall–Kier alpha value is -3.74. The Morgan fingerprint density at radius 3 is 2.19 bits per heavy atom. The predicted octanol–water partition coefficient (Wildman–Crippen LogP) is 6.62. The zero-order valence-electron chi connectivity index (χ0n) is 22.8. The normalized spacial score (nSPS) is 15.5. The van der Waals surface area contributed by atoms with Crippen molar-refractivity contribution in [3.63, 3.8) is 0 Å². The lowest BCUT2D eigenvalue weighted by Gasteiger charge is -2.18. The van der Waals surface area contributed by atoms with Crippen LogP contribution in [-0.4, -0.2) is 30.8 Å². The molecule has 0 aliphatic carbocycles. The Balaban J connectivity index is 2.09. The number of hydrogen-bond acceptors (Lipinski definition) is 7. The molecular formula is C30H36O7. The number of esters is 2. The first kappa shape index (κ1) is 27.8. The van der Waals surface area contributed by atoms with Crippen molar-refractivity contribution in [3.8, 4) is 17.2 Å². The Bertz CT molecular complexity index is 1190. The monoisotopic (exact) mass is 508 g/mol. The molecule has 2 aromatic rings. The molecule has 37 heavy (non-hydrogen) atoms. The maximum atomic E-state index is 13.2. The van der Waals surface area contributed by atoms with Gasteiger partial charge in [-0.15, -0.1) is 0 Å². The molecular weight excluding hydrogens is 472 g/mol. The summed E-state index contributed by atoms with van der Waals surface area (Å²) in [5, 5.41) is 0. The van der Waals surface area contributed by atoms with Gasteiger partial charge in [-0.05, 0) is 84.7 Å². The smallest absolute Gasteiger partial charge is 0.343 e. The molecule has 198 valence electrons. The van der Waals surface area contributed by atoms with Crippen LogP contribution in [0.2, 0.25) is 0 Å².